The molecular weight excluding hydrogens is 576 g/mol. The van der Waals surface area contributed by atoms with Gasteiger partial charge in [0, 0.05) is 67.4 Å². The summed E-state index contributed by atoms with van der Waals surface area (Å²) in [6.45, 7) is 4.49. The molecule has 2 N–H and O–H groups in total. The minimum atomic E-state index is -0.172. The number of nitrogens with one attached hydrogen (secondary N) is 2. The predicted octanol–water partition coefficient (Wildman–Crippen LogP) is 3.28. The van der Waals surface area contributed by atoms with Crippen molar-refractivity contribution in [1.29, 1.82) is 0 Å². The first-order chi connectivity index (χ1) is 21.2. The summed E-state index contributed by atoms with van der Waals surface area (Å²) in [5.41, 5.74) is 3.14. The maximum atomic E-state index is 12.9. The lowest BCUT2D eigenvalue weighted by molar-refractivity contribution is -0.133. The molecule has 1 aliphatic rings. The van der Waals surface area contributed by atoms with Gasteiger partial charge >= 0.3 is 0 Å². The van der Waals surface area contributed by atoms with E-state index in [-0.39, 0.29) is 30.2 Å². The van der Waals surface area contributed by atoms with Crippen molar-refractivity contribution in [3.63, 3.8) is 0 Å². The van der Waals surface area contributed by atoms with Crippen LogP contribution in [0, 0.1) is 6.92 Å². The van der Waals surface area contributed by atoms with E-state index >= 15 is 0 Å². The minimum Gasteiger partial charge on any atom is -0.356 e. The second kappa shape index (κ2) is 15.9. The predicted molar refractivity (Wildman–Crippen MR) is 174 cm³/mol. The molecule has 11 heteroatoms. The molecular formula is C33H40N6O4S. The lowest BCUT2D eigenvalue weighted by atomic mass is 10.0. The highest BCUT2D eigenvalue weighted by Gasteiger charge is 2.28. The van der Waals surface area contributed by atoms with E-state index in [2.05, 4.69) is 15.6 Å². The Hall–Kier alpha value is -4.35. The minimum absolute atomic E-state index is 0.0532. The number of anilines is 1. The third kappa shape index (κ3) is 9.08. The van der Waals surface area contributed by atoms with Crippen LogP contribution >= 0.6 is 11.3 Å². The van der Waals surface area contributed by atoms with Crippen molar-refractivity contribution in [2.24, 2.45) is 0 Å². The molecule has 1 aromatic carbocycles. The topological polar surface area (TPSA) is 115 Å². The SMILES string of the molecule is Cc1cccnc1-c1ccccc1C(=O)NCCCNC(=O)CCc1ccc(N2CCN(C(=O)C=CCN(C)C)CC2=O)s1. The van der Waals surface area contributed by atoms with Crippen LogP contribution < -0.4 is 15.5 Å². The summed E-state index contributed by atoms with van der Waals surface area (Å²) >= 11 is 1.50. The Kier molecular flexibility index (Phi) is 11.8. The second-order valence-corrected chi connectivity index (χ2v) is 12.0. The van der Waals surface area contributed by atoms with Gasteiger partial charge < -0.3 is 25.3 Å². The van der Waals surface area contributed by atoms with Crippen LogP contribution in [0.3, 0.4) is 0 Å². The molecule has 3 heterocycles. The fourth-order valence-corrected chi connectivity index (χ4v) is 5.85. The van der Waals surface area contributed by atoms with Gasteiger partial charge in [0.2, 0.25) is 17.7 Å². The molecule has 1 aliphatic heterocycles. The van der Waals surface area contributed by atoms with Crippen molar-refractivity contribution in [2.45, 2.75) is 26.2 Å². The van der Waals surface area contributed by atoms with Crippen molar-refractivity contribution >= 4 is 40.0 Å². The fourth-order valence-electron chi connectivity index (χ4n) is 4.80. The molecule has 0 unspecified atom stereocenters. The van der Waals surface area contributed by atoms with E-state index in [4.69, 9.17) is 0 Å². The smallest absolute Gasteiger partial charge is 0.251 e. The number of likely N-dealkylation sites (N-methyl/N-ethyl adjacent to an activating group) is 1. The van der Waals surface area contributed by atoms with E-state index < -0.39 is 0 Å². The number of aromatic nitrogens is 1. The fraction of sp³-hybridized carbons (Fsp3) is 0.364. The molecule has 0 spiro atoms. The highest BCUT2D eigenvalue weighted by molar-refractivity contribution is 7.16. The van der Waals surface area contributed by atoms with Gasteiger partial charge in [0.25, 0.3) is 5.91 Å². The molecule has 1 fully saturated rings. The summed E-state index contributed by atoms with van der Waals surface area (Å²) in [5.74, 6) is -0.498. The number of amides is 4. The number of hydrogen-bond donors (Lipinski definition) is 2. The van der Waals surface area contributed by atoms with Crippen LogP contribution in [0.5, 0.6) is 0 Å². The van der Waals surface area contributed by atoms with Gasteiger partial charge in [-0.05, 0) is 63.7 Å². The molecule has 4 rings (SSSR count). The van der Waals surface area contributed by atoms with Crippen molar-refractivity contribution in [2.75, 3.05) is 58.3 Å². The molecule has 2 aromatic heterocycles. The van der Waals surface area contributed by atoms with E-state index in [0.717, 1.165) is 26.7 Å². The number of piperazine rings is 1. The number of nitrogens with zero attached hydrogens (tertiary/aromatic N) is 4. The van der Waals surface area contributed by atoms with E-state index in [1.165, 1.54) is 17.4 Å². The monoisotopic (exact) mass is 616 g/mol. The van der Waals surface area contributed by atoms with Crippen LogP contribution in [0.1, 0.15) is 33.6 Å². The van der Waals surface area contributed by atoms with Gasteiger partial charge in [-0.2, -0.15) is 0 Å². The molecule has 10 nitrogen and oxygen atoms in total. The van der Waals surface area contributed by atoms with Crippen molar-refractivity contribution in [3.8, 4) is 11.3 Å². The maximum Gasteiger partial charge on any atom is 0.251 e. The Balaban J connectivity index is 1.15. The summed E-state index contributed by atoms with van der Waals surface area (Å²) in [6.07, 6.45) is 6.55. The highest BCUT2D eigenvalue weighted by Crippen LogP contribution is 2.28. The third-order valence-electron chi connectivity index (χ3n) is 7.17. The van der Waals surface area contributed by atoms with Crippen LogP contribution in [-0.2, 0) is 20.8 Å². The molecule has 3 aromatic rings. The maximum absolute atomic E-state index is 12.9. The number of pyridine rings is 1. The summed E-state index contributed by atoms with van der Waals surface area (Å²) < 4.78 is 0. The van der Waals surface area contributed by atoms with Gasteiger partial charge in [-0.1, -0.05) is 30.3 Å². The first-order valence-corrected chi connectivity index (χ1v) is 15.6. The van der Waals surface area contributed by atoms with Gasteiger partial charge in [-0.3, -0.25) is 24.2 Å². The normalized spacial score (nSPS) is 13.5. The van der Waals surface area contributed by atoms with Gasteiger partial charge in [-0.15, -0.1) is 11.3 Å². The average Bonchev–Trinajstić information content (AvgIpc) is 3.48. The quantitative estimate of drug-likeness (QED) is 0.225. The number of aryl methyl sites for hydroxylation is 2. The Morgan fingerprint density at radius 1 is 1.02 bits per heavy atom. The average molecular weight is 617 g/mol. The third-order valence-corrected chi connectivity index (χ3v) is 8.34. The molecule has 0 radical (unpaired) electrons. The first kappa shape index (κ1) is 32.6. The molecule has 0 bridgehead atoms. The number of benzene rings is 1. The van der Waals surface area contributed by atoms with E-state index in [1.807, 2.05) is 68.4 Å². The number of hydrogen-bond acceptors (Lipinski definition) is 7. The Labute approximate surface area is 262 Å². The zero-order chi connectivity index (χ0) is 31.5. The second-order valence-electron chi connectivity index (χ2n) is 10.9. The Morgan fingerprint density at radius 2 is 1.82 bits per heavy atom. The lowest BCUT2D eigenvalue weighted by Crippen LogP contribution is -2.51. The van der Waals surface area contributed by atoms with Gasteiger partial charge in [0.05, 0.1) is 10.7 Å². The van der Waals surface area contributed by atoms with Crippen LogP contribution in [0.4, 0.5) is 5.00 Å². The van der Waals surface area contributed by atoms with E-state index in [0.29, 0.717) is 57.5 Å². The number of thiophene rings is 1. The first-order valence-electron chi connectivity index (χ1n) is 14.8. The highest BCUT2D eigenvalue weighted by atomic mass is 32.1. The number of carbonyl (C=O) groups is 4. The number of carbonyl (C=O) groups excluding carboxylic acids is 4. The van der Waals surface area contributed by atoms with Crippen molar-refractivity contribution in [3.05, 3.63) is 82.9 Å². The largest absolute Gasteiger partial charge is 0.356 e. The van der Waals surface area contributed by atoms with Crippen LogP contribution in [-0.4, -0.2) is 91.8 Å². The van der Waals surface area contributed by atoms with E-state index in [9.17, 15) is 19.2 Å². The molecule has 4 amide bonds. The van der Waals surface area contributed by atoms with Crippen molar-refractivity contribution in [1.82, 2.24) is 25.4 Å². The lowest BCUT2D eigenvalue weighted by Gasteiger charge is -2.33. The zero-order valence-electron chi connectivity index (χ0n) is 25.5. The zero-order valence-corrected chi connectivity index (χ0v) is 26.4. The Bertz CT molecular complexity index is 1500. The molecule has 0 atom stereocenters. The summed E-state index contributed by atoms with van der Waals surface area (Å²) in [7, 11) is 3.85. The standard InChI is InChI=1S/C33H40N6O4S/c1-24-9-6-17-35-32(24)26-10-4-5-11-27(26)33(43)36-19-8-18-34-28(40)15-13-25-14-16-31(44-25)39-22-21-38(23-30(39)42)29(41)12-7-20-37(2)3/h4-7,9-12,14,16-17H,8,13,15,18-23H2,1-3H3,(H,34,40)(H,36,43). The molecule has 0 saturated carbocycles. The summed E-state index contributed by atoms with van der Waals surface area (Å²) in [4.78, 5) is 61.2. The molecule has 0 aliphatic carbocycles. The number of rotatable bonds is 13. The van der Waals surface area contributed by atoms with Gasteiger partial charge in [0.15, 0.2) is 0 Å². The van der Waals surface area contributed by atoms with Crippen molar-refractivity contribution < 1.29 is 19.2 Å². The Morgan fingerprint density at radius 3 is 2.59 bits per heavy atom. The van der Waals surface area contributed by atoms with Gasteiger partial charge in [-0.25, -0.2) is 0 Å². The van der Waals surface area contributed by atoms with Crippen LogP contribution in [0.2, 0.25) is 0 Å². The van der Waals surface area contributed by atoms with E-state index in [1.54, 1.807) is 28.1 Å². The summed E-state index contributed by atoms with van der Waals surface area (Å²) in [6, 6.07) is 15.1. The van der Waals surface area contributed by atoms with Crippen LogP contribution in [0.25, 0.3) is 11.3 Å². The summed E-state index contributed by atoms with van der Waals surface area (Å²) in [5, 5.41) is 6.69. The van der Waals surface area contributed by atoms with Gasteiger partial charge in [0.1, 0.15) is 6.54 Å². The molecule has 44 heavy (non-hydrogen) atoms. The molecule has 1 saturated heterocycles. The molecule has 232 valence electrons. The van der Waals surface area contributed by atoms with Crippen LogP contribution in [0.15, 0.2) is 66.9 Å².